The summed E-state index contributed by atoms with van der Waals surface area (Å²) < 4.78 is 1.54. The van der Waals surface area contributed by atoms with Crippen LogP contribution in [0.3, 0.4) is 0 Å². The molecule has 0 atom stereocenters. The van der Waals surface area contributed by atoms with Crippen molar-refractivity contribution < 1.29 is 4.92 Å². The van der Waals surface area contributed by atoms with E-state index in [1.807, 2.05) is 0 Å². The summed E-state index contributed by atoms with van der Waals surface area (Å²) in [5, 5.41) is 16.1. The van der Waals surface area contributed by atoms with Gasteiger partial charge >= 0.3 is 5.82 Å². The van der Waals surface area contributed by atoms with Crippen LogP contribution >= 0.6 is 11.3 Å². The smallest absolute Gasteiger partial charge is 0.363 e. The largest absolute Gasteiger partial charge is 0.372 e. The quantitative estimate of drug-likeness (QED) is 0.689. The molecule has 102 valence electrons. The van der Waals surface area contributed by atoms with Gasteiger partial charge in [-0.3, -0.25) is 0 Å². The van der Waals surface area contributed by atoms with Crippen molar-refractivity contribution in [3.63, 3.8) is 0 Å². The van der Waals surface area contributed by atoms with E-state index in [-0.39, 0.29) is 10.7 Å². The number of nitrogens with zero attached hydrogens (tertiary/aromatic N) is 3. The van der Waals surface area contributed by atoms with Gasteiger partial charge in [-0.05, 0) is 23.7 Å². The maximum atomic E-state index is 11.2. The first-order chi connectivity index (χ1) is 9.25. The van der Waals surface area contributed by atoms with E-state index in [0.29, 0.717) is 16.7 Å². The second-order valence-corrected chi connectivity index (χ2v) is 5.85. The van der Waals surface area contributed by atoms with E-state index >= 15 is 0 Å². The van der Waals surface area contributed by atoms with Crippen LogP contribution in [-0.2, 0) is 0 Å². The van der Waals surface area contributed by atoms with Crippen LogP contribution in [0.2, 0.25) is 0 Å². The molecule has 19 heavy (non-hydrogen) atoms. The number of hydrogen-bond acceptors (Lipinski definition) is 5. The number of thiazole rings is 1. The average molecular weight is 280 g/mol. The molecule has 1 aliphatic carbocycles. The molecule has 0 aromatic carbocycles. The lowest BCUT2D eigenvalue weighted by atomic mass is 9.89. The minimum Gasteiger partial charge on any atom is -0.363 e. The van der Waals surface area contributed by atoms with Crippen molar-refractivity contribution in [2.45, 2.75) is 32.1 Å². The zero-order valence-corrected chi connectivity index (χ0v) is 11.4. The predicted octanol–water partition coefficient (Wildman–Crippen LogP) is 3.30. The maximum Gasteiger partial charge on any atom is 0.372 e. The maximum absolute atomic E-state index is 11.2. The van der Waals surface area contributed by atoms with Gasteiger partial charge in [0.25, 0.3) is 4.96 Å². The lowest BCUT2D eigenvalue weighted by Crippen LogP contribution is -2.17. The lowest BCUT2D eigenvalue weighted by molar-refractivity contribution is -0.389. The summed E-state index contributed by atoms with van der Waals surface area (Å²) in [6.07, 6.45) is 7.97. The predicted molar refractivity (Wildman–Crippen MR) is 74.8 cm³/mol. The molecular formula is C12H16N4O2S. The Bertz CT molecular complexity index is 586. The molecule has 0 unspecified atom stereocenters. The van der Waals surface area contributed by atoms with E-state index < -0.39 is 0 Å². The molecular weight excluding hydrogens is 264 g/mol. The third-order valence-electron chi connectivity index (χ3n) is 3.69. The third kappa shape index (κ3) is 2.42. The molecule has 1 fully saturated rings. The lowest BCUT2D eigenvalue weighted by Gasteiger charge is -2.21. The summed E-state index contributed by atoms with van der Waals surface area (Å²) in [4.78, 5) is 15.8. The molecule has 0 bridgehead atoms. The number of nitrogens with one attached hydrogen (secondary N) is 1. The Hall–Kier alpha value is -1.63. The topological polar surface area (TPSA) is 72.5 Å². The summed E-state index contributed by atoms with van der Waals surface area (Å²) in [5.41, 5.74) is 0. The molecule has 3 rings (SSSR count). The zero-order chi connectivity index (χ0) is 13.2. The van der Waals surface area contributed by atoms with Gasteiger partial charge in [0.05, 0.1) is 0 Å². The molecule has 1 saturated carbocycles. The first-order valence-electron chi connectivity index (χ1n) is 6.59. The van der Waals surface area contributed by atoms with Crippen molar-refractivity contribution in [3.8, 4) is 0 Å². The first kappa shape index (κ1) is 12.4. The van der Waals surface area contributed by atoms with Gasteiger partial charge < -0.3 is 15.4 Å². The van der Waals surface area contributed by atoms with Crippen LogP contribution in [0.1, 0.15) is 32.1 Å². The number of hydrogen-bond donors (Lipinski definition) is 1. The van der Waals surface area contributed by atoms with Crippen LogP contribution in [0.4, 0.5) is 11.6 Å². The van der Waals surface area contributed by atoms with Crippen molar-refractivity contribution in [3.05, 3.63) is 21.7 Å². The Morgan fingerprint density at radius 2 is 2.26 bits per heavy atom. The van der Waals surface area contributed by atoms with Crippen LogP contribution in [0.25, 0.3) is 4.96 Å². The van der Waals surface area contributed by atoms with Crippen LogP contribution < -0.4 is 5.32 Å². The van der Waals surface area contributed by atoms with E-state index in [1.54, 1.807) is 11.6 Å². The van der Waals surface area contributed by atoms with Crippen molar-refractivity contribution in [2.75, 3.05) is 11.9 Å². The molecule has 0 radical (unpaired) electrons. The van der Waals surface area contributed by atoms with Gasteiger partial charge in [-0.15, -0.1) is 0 Å². The highest BCUT2D eigenvalue weighted by atomic mass is 32.1. The molecule has 2 aromatic heterocycles. The van der Waals surface area contributed by atoms with E-state index in [2.05, 4.69) is 10.3 Å². The fourth-order valence-corrected chi connectivity index (χ4v) is 3.41. The Balaban J connectivity index is 1.77. The van der Waals surface area contributed by atoms with Crippen LogP contribution in [0.5, 0.6) is 0 Å². The van der Waals surface area contributed by atoms with Gasteiger partial charge in [0, 0.05) is 11.9 Å². The number of fused-ring (bicyclic) bond motifs is 1. The molecule has 0 saturated heterocycles. The number of rotatable bonds is 4. The first-order valence-corrected chi connectivity index (χ1v) is 7.47. The zero-order valence-electron chi connectivity index (χ0n) is 10.5. The fraction of sp³-hybridized carbons (Fsp3) is 0.583. The standard InChI is InChI=1S/C12H16N4O2S/c17-16(18)11-10(14-12-15(11)6-7-19-12)13-8-9-4-2-1-3-5-9/h6-7,9,13H,1-5,8H2. The van der Waals surface area contributed by atoms with Gasteiger partial charge in [-0.1, -0.05) is 30.6 Å². The van der Waals surface area contributed by atoms with Gasteiger partial charge in [-0.2, -0.15) is 9.38 Å². The monoisotopic (exact) mass is 280 g/mol. The number of anilines is 1. The Labute approximate surface area is 114 Å². The Morgan fingerprint density at radius 3 is 3.00 bits per heavy atom. The van der Waals surface area contributed by atoms with Gasteiger partial charge in [0.1, 0.15) is 6.20 Å². The Morgan fingerprint density at radius 1 is 1.47 bits per heavy atom. The van der Waals surface area contributed by atoms with E-state index in [9.17, 15) is 10.1 Å². The van der Waals surface area contributed by atoms with Crippen molar-refractivity contribution in [1.29, 1.82) is 0 Å². The van der Waals surface area contributed by atoms with Crippen LogP contribution in [0, 0.1) is 16.0 Å². The second kappa shape index (κ2) is 5.16. The molecule has 2 aromatic rings. The van der Waals surface area contributed by atoms with Crippen LogP contribution in [0.15, 0.2) is 11.6 Å². The highest BCUT2D eigenvalue weighted by molar-refractivity contribution is 7.15. The van der Waals surface area contributed by atoms with Gasteiger partial charge in [-0.25, -0.2) is 0 Å². The molecule has 1 aliphatic rings. The summed E-state index contributed by atoms with van der Waals surface area (Å²) in [6, 6.07) is 0. The number of imidazole rings is 1. The van der Waals surface area contributed by atoms with E-state index in [1.165, 1.54) is 47.8 Å². The molecule has 7 heteroatoms. The molecule has 2 heterocycles. The normalized spacial score (nSPS) is 16.8. The highest BCUT2D eigenvalue weighted by Gasteiger charge is 2.24. The molecule has 1 N–H and O–H groups in total. The minimum atomic E-state index is -0.365. The number of aromatic nitrogens is 2. The van der Waals surface area contributed by atoms with Gasteiger partial charge in [0.2, 0.25) is 5.82 Å². The van der Waals surface area contributed by atoms with Gasteiger partial charge in [0.15, 0.2) is 0 Å². The van der Waals surface area contributed by atoms with E-state index in [0.717, 1.165) is 6.54 Å². The Kier molecular flexibility index (Phi) is 3.37. The fourth-order valence-electron chi connectivity index (χ4n) is 2.70. The molecule has 6 nitrogen and oxygen atoms in total. The van der Waals surface area contributed by atoms with Crippen LogP contribution in [-0.4, -0.2) is 20.9 Å². The highest BCUT2D eigenvalue weighted by Crippen LogP contribution is 2.29. The SMILES string of the molecule is O=[N+]([O-])c1c(NCC2CCCCC2)nc2sccn12. The second-order valence-electron chi connectivity index (χ2n) is 4.98. The molecule has 0 spiro atoms. The average Bonchev–Trinajstić information content (AvgIpc) is 2.96. The van der Waals surface area contributed by atoms with Crippen molar-refractivity contribution in [2.24, 2.45) is 5.92 Å². The molecule has 0 aliphatic heterocycles. The molecule has 0 amide bonds. The summed E-state index contributed by atoms with van der Waals surface area (Å²) in [6.45, 7) is 0.783. The van der Waals surface area contributed by atoms with E-state index in [4.69, 9.17) is 0 Å². The third-order valence-corrected chi connectivity index (χ3v) is 4.45. The summed E-state index contributed by atoms with van der Waals surface area (Å²) in [7, 11) is 0. The summed E-state index contributed by atoms with van der Waals surface area (Å²) >= 11 is 1.41. The summed E-state index contributed by atoms with van der Waals surface area (Å²) in [5.74, 6) is 1.07. The number of nitro groups is 1. The minimum absolute atomic E-state index is 0.0482. The van der Waals surface area contributed by atoms with Crippen molar-refractivity contribution >= 4 is 27.9 Å². The van der Waals surface area contributed by atoms with Crippen molar-refractivity contribution in [1.82, 2.24) is 9.38 Å².